The molecule has 4 aromatic carbocycles. The second-order valence-electron chi connectivity index (χ2n) is 15.1. The molecule has 12 heteroatoms. The molecule has 56 heavy (non-hydrogen) atoms. The van der Waals surface area contributed by atoms with Crippen LogP contribution in [0.5, 0.6) is 0 Å². The summed E-state index contributed by atoms with van der Waals surface area (Å²) in [5.74, 6) is -5.00. The summed E-state index contributed by atoms with van der Waals surface area (Å²) < 4.78 is 1.93. The topological polar surface area (TPSA) is 193 Å². The first-order valence-corrected chi connectivity index (χ1v) is 17.6. The highest BCUT2D eigenvalue weighted by Crippen LogP contribution is 2.50. The van der Waals surface area contributed by atoms with E-state index in [1.165, 1.54) is 36.4 Å². The minimum Gasteiger partial charge on any atom is -0.506 e. The lowest BCUT2D eigenvalue weighted by Gasteiger charge is -2.29. The molecule has 0 fully saturated rings. The average Bonchev–Trinajstić information content (AvgIpc) is 3.49. The van der Waals surface area contributed by atoms with E-state index in [-0.39, 0.29) is 52.2 Å². The molecule has 0 saturated heterocycles. The van der Waals surface area contributed by atoms with E-state index >= 15 is 0 Å². The Kier molecular flexibility index (Phi) is 8.87. The van der Waals surface area contributed by atoms with Crippen LogP contribution in [0.1, 0.15) is 91.4 Å². The summed E-state index contributed by atoms with van der Waals surface area (Å²) in [5, 5.41) is 50.0. The Morgan fingerprint density at radius 1 is 0.643 bits per heavy atom. The number of hydrogen-bond acceptors (Lipinski definition) is 7. The number of carboxylic acid groups (broad SMARTS) is 4. The first-order valence-electron chi connectivity index (χ1n) is 17.6. The fraction of sp³-hybridized carbons (Fsp3) is 0.182. The molecule has 12 nitrogen and oxygen atoms in total. The van der Waals surface area contributed by atoms with Gasteiger partial charge in [0.15, 0.2) is 12.3 Å². The van der Waals surface area contributed by atoms with E-state index in [9.17, 15) is 49.5 Å². The Bertz CT molecular complexity index is 2550. The van der Waals surface area contributed by atoms with E-state index in [1.54, 1.807) is 60.7 Å². The van der Waals surface area contributed by atoms with Gasteiger partial charge in [-0.3, -0.25) is 4.79 Å². The third-order valence-electron chi connectivity index (χ3n) is 10.9. The second kappa shape index (κ2) is 13.3. The Labute approximate surface area is 320 Å². The fourth-order valence-electron chi connectivity index (χ4n) is 7.73. The highest BCUT2D eigenvalue weighted by atomic mass is 16.4. The van der Waals surface area contributed by atoms with Crippen molar-refractivity contribution in [1.29, 1.82) is 0 Å². The standard InChI is InChI=1S/C44H36N2O10/c1-43(2)31-17-27(41(53)54)13-15-33(31)45(21-23-5-9-25(10-6-23)39(49)50)35(43)19-29-37(47)30(38(29)48)20-36-44(3,4)32-18-28(42(55)56)14-16-34(32)46(36)22-24-7-11-26(12-8-24)40(51)52/h5-20H,21-22H2,1-4H3,(H4-,47,48,49,50,51,52,53,54,55,56)/p+1. The van der Waals surface area contributed by atoms with Gasteiger partial charge < -0.3 is 30.4 Å². The van der Waals surface area contributed by atoms with E-state index in [1.807, 2.05) is 37.2 Å². The van der Waals surface area contributed by atoms with Crippen molar-refractivity contribution in [3.63, 3.8) is 0 Å². The van der Waals surface area contributed by atoms with Crippen LogP contribution >= 0.6 is 0 Å². The van der Waals surface area contributed by atoms with Crippen molar-refractivity contribution in [2.45, 2.75) is 51.6 Å². The van der Waals surface area contributed by atoms with Gasteiger partial charge in [-0.25, -0.2) is 19.2 Å². The third-order valence-corrected chi connectivity index (χ3v) is 10.9. The zero-order valence-corrected chi connectivity index (χ0v) is 30.8. The van der Waals surface area contributed by atoms with Gasteiger partial charge in [-0.15, -0.1) is 0 Å². The number of fused-ring (bicyclic) bond motifs is 2. The first-order chi connectivity index (χ1) is 26.4. The number of aliphatic hydroxyl groups excluding tert-OH is 1. The molecule has 4 aromatic rings. The van der Waals surface area contributed by atoms with Crippen molar-refractivity contribution in [3.8, 4) is 0 Å². The van der Waals surface area contributed by atoms with Gasteiger partial charge in [-0.2, -0.15) is 4.58 Å². The zero-order chi connectivity index (χ0) is 40.4. The monoisotopic (exact) mass is 753 g/mol. The lowest BCUT2D eigenvalue weighted by Crippen LogP contribution is -2.32. The van der Waals surface area contributed by atoms with Gasteiger partial charge >= 0.3 is 23.9 Å². The number of rotatable bonds is 10. The molecular formula is C44H37N2O10+. The summed E-state index contributed by atoms with van der Waals surface area (Å²) >= 11 is 0. The molecule has 2 aliphatic heterocycles. The highest BCUT2D eigenvalue weighted by molar-refractivity contribution is 6.24. The predicted molar refractivity (Wildman–Crippen MR) is 205 cm³/mol. The summed E-state index contributed by atoms with van der Waals surface area (Å²) in [6.45, 7) is 8.10. The number of anilines is 1. The summed E-state index contributed by atoms with van der Waals surface area (Å²) in [6.07, 6.45) is 3.22. The molecule has 0 aromatic heterocycles. The van der Waals surface area contributed by atoms with Crippen molar-refractivity contribution in [1.82, 2.24) is 0 Å². The van der Waals surface area contributed by atoms with E-state index in [4.69, 9.17) is 0 Å². The number of aliphatic hydroxyl groups is 1. The molecule has 0 bridgehead atoms. The minimum absolute atomic E-state index is 0.0507. The van der Waals surface area contributed by atoms with Crippen LogP contribution in [-0.2, 0) is 28.7 Å². The van der Waals surface area contributed by atoms with Crippen LogP contribution in [0.3, 0.4) is 0 Å². The Hall–Kier alpha value is -7.08. The molecule has 0 radical (unpaired) electrons. The molecule has 0 atom stereocenters. The third kappa shape index (κ3) is 6.14. The summed E-state index contributed by atoms with van der Waals surface area (Å²) in [6, 6.07) is 22.3. The first kappa shape index (κ1) is 37.2. The summed E-state index contributed by atoms with van der Waals surface area (Å²) in [5.41, 5.74) is 4.40. The second-order valence-corrected chi connectivity index (χ2v) is 15.1. The molecule has 0 spiro atoms. The number of nitrogens with zero attached hydrogens (tertiary/aromatic N) is 2. The normalized spacial score (nSPS) is 17.9. The maximum atomic E-state index is 14.1. The van der Waals surface area contributed by atoms with Gasteiger partial charge in [0.25, 0.3) is 0 Å². The summed E-state index contributed by atoms with van der Waals surface area (Å²) in [4.78, 5) is 62.9. The number of carbonyl (C=O) groups excluding carboxylic acids is 1. The van der Waals surface area contributed by atoms with Crippen LogP contribution in [0, 0.1) is 0 Å². The van der Waals surface area contributed by atoms with E-state index in [0.717, 1.165) is 11.1 Å². The molecule has 282 valence electrons. The van der Waals surface area contributed by atoms with Crippen LogP contribution < -0.4 is 4.90 Å². The van der Waals surface area contributed by atoms with Gasteiger partial charge in [-0.05, 0) is 85.6 Å². The van der Waals surface area contributed by atoms with Crippen LogP contribution in [0.15, 0.2) is 120 Å². The van der Waals surface area contributed by atoms with Crippen LogP contribution in [0.25, 0.3) is 0 Å². The quantitative estimate of drug-likeness (QED) is 0.0809. The molecular weight excluding hydrogens is 716 g/mol. The highest BCUT2D eigenvalue weighted by Gasteiger charge is 2.48. The number of aromatic carboxylic acids is 4. The maximum Gasteiger partial charge on any atom is 0.335 e. The van der Waals surface area contributed by atoms with Gasteiger partial charge in [0.1, 0.15) is 5.76 Å². The van der Waals surface area contributed by atoms with Crippen molar-refractivity contribution in [2.75, 3.05) is 4.90 Å². The fourth-order valence-corrected chi connectivity index (χ4v) is 7.73. The van der Waals surface area contributed by atoms with E-state index in [0.29, 0.717) is 33.9 Å². The molecule has 5 N–H and O–H groups in total. The van der Waals surface area contributed by atoms with E-state index in [2.05, 4.69) is 0 Å². The molecule has 0 amide bonds. The molecule has 2 heterocycles. The molecule has 1 aliphatic carbocycles. The van der Waals surface area contributed by atoms with Gasteiger partial charge in [0.2, 0.25) is 11.5 Å². The van der Waals surface area contributed by atoms with Gasteiger partial charge in [0, 0.05) is 46.6 Å². The number of carbonyl (C=O) groups is 5. The van der Waals surface area contributed by atoms with Crippen LogP contribution in [-0.4, -0.2) is 65.5 Å². The smallest absolute Gasteiger partial charge is 0.335 e. The van der Waals surface area contributed by atoms with Crippen molar-refractivity contribution >= 4 is 46.7 Å². The van der Waals surface area contributed by atoms with Crippen LogP contribution in [0.4, 0.5) is 11.4 Å². The SMILES string of the molecule is CC1(C)C(/C=C2/C(=O)C(/C=C3\N(Cc4ccc(C(=O)O)cc4)c4ccc(C(=O)O)cc4C3(C)C)=C2O)=[N+](Cc2ccc(C(=O)O)cc2)c2ccc(C(=O)O)cc21. The summed E-state index contributed by atoms with van der Waals surface area (Å²) in [7, 11) is 0. The zero-order valence-electron chi connectivity index (χ0n) is 30.8. The predicted octanol–water partition coefficient (Wildman–Crippen LogP) is 7.26. The number of benzene rings is 4. The molecule has 7 rings (SSSR count). The lowest BCUT2D eigenvalue weighted by atomic mass is 9.77. The molecule has 3 aliphatic rings. The Morgan fingerprint density at radius 2 is 1.14 bits per heavy atom. The average molecular weight is 754 g/mol. The van der Waals surface area contributed by atoms with Gasteiger partial charge in [0.05, 0.1) is 38.8 Å². The Balaban J connectivity index is 1.33. The lowest BCUT2D eigenvalue weighted by molar-refractivity contribution is -0.455. The molecule has 0 unspecified atom stereocenters. The molecule has 0 saturated carbocycles. The van der Waals surface area contributed by atoms with Crippen molar-refractivity contribution < 1.29 is 54.1 Å². The van der Waals surface area contributed by atoms with Crippen LogP contribution in [0.2, 0.25) is 0 Å². The Morgan fingerprint density at radius 3 is 1.68 bits per heavy atom. The van der Waals surface area contributed by atoms with Crippen molar-refractivity contribution in [2.24, 2.45) is 0 Å². The van der Waals surface area contributed by atoms with Gasteiger partial charge in [-0.1, -0.05) is 38.1 Å². The van der Waals surface area contributed by atoms with Crippen molar-refractivity contribution in [3.05, 3.63) is 164 Å². The number of allylic oxidation sites excluding steroid dienone is 5. The number of carboxylic acids is 4. The minimum atomic E-state index is -1.10. The number of hydrogen-bond donors (Lipinski definition) is 5. The maximum absolute atomic E-state index is 14.1. The number of Topliss-reactive ketones (excluding diaryl/α,β-unsaturated/α-hetero) is 1. The number of ketones is 1. The largest absolute Gasteiger partial charge is 0.506 e. The van der Waals surface area contributed by atoms with E-state index < -0.39 is 40.5 Å².